The van der Waals surface area contributed by atoms with Gasteiger partial charge in [0.1, 0.15) is 5.82 Å². The van der Waals surface area contributed by atoms with Crippen molar-refractivity contribution in [2.45, 2.75) is 32.2 Å². The fraction of sp³-hybridized carbons (Fsp3) is 0.208. The zero-order valence-corrected chi connectivity index (χ0v) is 15.0. The van der Waals surface area contributed by atoms with Gasteiger partial charge in [0, 0.05) is 13.0 Å². The van der Waals surface area contributed by atoms with Crippen molar-refractivity contribution in [2.75, 3.05) is 0 Å². The van der Waals surface area contributed by atoms with Crippen LogP contribution in [0.5, 0.6) is 0 Å². The maximum atomic E-state index is 4.92. The minimum Gasteiger partial charge on any atom is -0.328 e. The molecular weight excluding hydrogens is 316 g/mol. The van der Waals surface area contributed by atoms with Crippen LogP contribution in [0.4, 0.5) is 0 Å². The molecule has 3 aromatic carbocycles. The Morgan fingerprint density at radius 1 is 0.615 bits per heavy atom. The maximum absolute atomic E-state index is 4.92. The molecule has 0 aliphatic rings. The van der Waals surface area contributed by atoms with Crippen molar-refractivity contribution in [2.24, 2.45) is 0 Å². The second-order valence-electron chi connectivity index (χ2n) is 6.74. The minimum atomic E-state index is 0.976. The first kappa shape index (κ1) is 16.6. The summed E-state index contributed by atoms with van der Waals surface area (Å²) in [6.45, 7) is 1.01. The zero-order valence-electron chi connectivity index (χ0n) is 15.0. The van der Waals surface area contributed by atoms with Crippen molar-refractivity contribution < 1.29 is 0 Å². The van der Waals surface area contributed by atoms with Crippen molar-refractivity contribution >= 4 is 11.0 Å². The van der Waals surface area contributed by atoms with E-state index in [2.05, 4.69) is 89.5 Å². The summed E-state index contributed by atoms with van der Waals surface area (Å²) in [5.74, 6) is 1.20. The molecule has 26 heavy (non-hydrogen) atoms. The molecule has 0 unspecified atom stereocenters. The van der Waals surface area contributed by atoms with Crippen molar-refractivity contribution in [1.29, 1.82) is 0 Å². The molecule has 0 saturated carbocycles. The van der Waals surface area contributed by atoms with Gasteiger partial charge < -0.3 is 4.57 Å². The topological polar surface area (TPSA) is 17.8 Å². The number of rotatable bonds is 7. The van der Waals surface area contributed by atoms with Gasteiger partial charge in [-0.3, -0.25) is 0 Å². The molecule has 2 nitrogen and oxygen atoms in total. The number of aryl methyl sites for hydroxylation is 4. The lowest BCUT2D eigenvalue weighted by Gasteiger charge is -2.10. The highest BCUT2D eigenvalue weighted by Crippen LogP contribution is 2.19. The average Bonchev–Trinajstić information content (AvgIpc) is 3.06. The van der Waals surface area contributed by atoms with Gasteiger partial charge in [-0.05, 0) is 42.5 Å². The summed E-state index contributed by atoms with van der Waals surface area (Å²) in [5, 5.41) is 0. The van der Waals surface area contributed by atoms with Gasteiger partial charge in [0.05, 0.1) is 11.0 Å². The Morgan fingerprint density at radius 3 is 1.96 bits per heavy atom. The van der Waals surface area contributed by atoms with Crippen LogP contribution in [0.3, 0.4) is 0 Å². The molecule has 0 spiro atoms. The Labute approximate surface area is 155 Å². The minimum absolute atomic E-state index is 0.976. The summed E-state index contributed by atoms with van der Waals surface area (Å²) in [6, 6.07) is 29.9. The summed E-state index contributed by atoms with van der Waals surface area (Å²) < 4.78 is 2.42. The molecule has 0 radical (unpaired) electrons. The highest BCUT2D eigenvalue weighted by atomic mass is 15.1. The molecule has 0 aliphatic carbocycles. The second-order valence-corrected chi connectivity index (χ2v) is 6.74. The van der Waals surface area contributed by atoms with E-state index in [1.165, 1.54) is 22.5 Å². The summed E-state index contributed by atoms with van der Waals surface area (Å²) in [7, 11) is 0. The number of para-hydroxylation sites is 2. The first-order chi connectivity index (χ1) is 12.9. The molecule has 1 aromatic heterocycles. The zero-order chi connectivity index (χ0) is 17.6. The van der Waals surface area contributed by atoms with Crippen molar-refractivity contribution in [3.05, 3.63) is 102 Å². The third kappa shape index (κ3) is 3.85. The fourth-order valence-corrected chi connectivity index (χ4v) is 3.55. The molecule has 0 fully saturated rings. The van der Waals surface area contributed by atoms with E-state index in [4.69, 9.17) is 4.98 Å². The van der Waals surface area contributed by atoms with Gasteiger partial charge in [0.15, 0.2) is 0 Å². The van der Waals surface area contributed by atoms with Crippen LogP contribution in [-0.2, 0) is 25.8 Å². The molecule has 4 rings (SSSR count). The fourth-order valence-electron chi connectivity index (χ4n) is 3.55. The van der Waals surface area contributed by atoms with Gasteiger partial charge in [-0.15, -0.1) is 0 Å². The number of imidazole rings is 1. The highest BCUT2D eigenvalue weighted by Gasteiger charge is 2.10. The van der Waals surface area contributed by atoms with Crippen LogP contribution in [0.15, 0.2) is 84.9 Å². The lowest BCUT2D eigenvalue weighted by atomic mass is 10.1. The van der Waals surface area contributed by atoms with Crippen LogP contribution in [0, 0.1) is 0 Å². The Balaban J connectivity index is 1.51. The quantitative estimate of drug-likeness (QED) is 0.437. The smallest absolute Gasteiger partial charge is 0.110 e. The van der Waals surface area contributed by atoms with E-state index in [0.29, 0.717) is 0 Å². The highest BCUT2D eigenvalue weighted by molar-refractivity contribution is 5.75. The van der Waals surface area contributed by atoms with Crippen molar-refractivity contribution in [3.8, 4) is 0 Å². The van der Waals surface area contributed by atoms with E-state index in [9.17, 15) is 0 Å². The van der Waals surface area contributed by atoms with Crippen LogP contribution in [0.1, 0.15) is 23.4 Å². The van der Waals surface area contributed by atoms with E-state index in [1.54, 1.807) is 0 Å². The predicted octanol–water partition coefficient (Wildman–Crippen LogP) is 5.45. The maximum Gasteiger partial charge on any atom is 0.110 e. The number of benzene rings is 3. The lowest BCUT2D eigenvalue weighted by Crippen LogP contribution is -2.06. The van der Waals surface area contributed by atoms with Crippen LogP contribution in [-0.4, -0.2) is 9.55 Å². The third-order valence-electron chi connectivity index (χ3n) is 4.90. The summed E-state index contributed by atoms with van der Waals surface area (Å²) in [6.07, 6.45) is 4.24. The number of aromatic nitrogens is 2. The molecule has 0 N–H and O–H groups in total. The monoisotopic (exact) mass is 340 g/mol. The Bertz CT molecular complexity index is 955. The number of nitrogens with zero attached hydrogens (tertiary/aromatic N) is 2. The normalized spacial score (nSPS) is 11.1. The van der Waals surface area contributed by atoms with Crippen molar-refractivity contribution in [1.82, 2.24) is 9.55 Å². The third-order valence-corrected chi connectivity index (χ3v) is 4.90. The predicted molar refractivity (Wildman–Crippen MR) is 108 cm³/mol. The Hall–Kier alpha value is -2.87. The van der Waals surface area contributed by atoms with E-state index in [0.717, 1.165) is 37.7 Å². The molecule has 1 heterocycles. The first-order valence-electron chi connectivity index (χ1n) is 9.42. The molecule has 130 valence electrons. The largest absolute Gasteiger partial charge is 0.328 e. The molecule has 0 amide bonds. The van der Waals surface area contributed by atoms with Gasteiger partial charge in [-0.25, -0.2) is 4.98 Å². The second kappa shape index (κ2) is 8.01. The summed E-state index contributed by atoms with van der Waals surface area (Å²) in [5.41, 5.74) is 5.14. The van der Waals surface area contributed by atoms with Crippen LogP contribution >= 0.6 is 0 Å². The van der Waals surface area contributed by atoms with E-state index >= 15 is 0 Å². The number of hydrogen-bond donors (Lipinski definition) is 0. The van der Waals surface area contributed by atoms with Gasteiger partial charge in [0.25, 0.3) is 0 Å². The van der Waals surface area contributed by atoms with Crippen molar-refractivity contribution in [3.63, 3.8) is 0 Å². The SMILES string of the molecule is c1ccc(CCCn2c(CCc3ccccc3)nc3ccccc32)cc1. The number of hydrogen-bond acceptors (Lipinski definition) is 1. The van der Waals surface area contributed by atoms with Crippen LogP contribution < -0.4 is 0 Å². The van der Waals surface area contributed by atoms with Gasteiger partial charge >= 0.3 is 0 Å². The first-order valence-corrected chi connectivity index (χ1v) is 9.42. The standard InChI is InChI=1S/C24H24N2/c1-3-10-20(11-4-1)14-9-19-26-23-16-8-7-15-22(23)25-24(26)18-17-21-12-5-2-6-13-21/h1-8,10-13,15-16H,9,14,17-19H2. The molecule has 2 heteroatoms. The number of fused-ring (bicyclic) bond motifs is 1. The van der Waals surface area contributed by atoms with Gasteiger partial charge in [0.2, 0.25) is 0 Å². The van der Waals surface area contributed by atoms with Crippen LogP contribution in [0.25, 0.3) is 11.0 Å². The Kier molecular flexibility index (Phi) is 5.11. The van der Waals surface area contributed by atoms with Gasteiger partial charge in [-0.2, -0.15) is 0 Å². The molecule has 0 aliphatic heterocycles. The Morgan fingerprint density at radius 2 is 1.23 bits per heavy atom. The molecule has 0 atom stereocenters. The summed E-state index contributed by atoms with van der Waals surface area (Å²) in [4.78, 5) is 4.92. The average molecular weight is 340 g/mol. The molecular formula is C24H24N2. The molecule has 0 bridgehead atoms. The van der Waals surface area contributed by atoms with E-state index in [-0.39, 0.29) is 0 Å². The van der Waals surface area contributed by atoms with Crippen LogP contribution in [0.2, 0.25) is 0 Å². The van der Waals surface area contributed by atoms with Gasteiger partial charge in [-0.1, -0.05) is 72.8 Å². The lowest BCUT2D eigenvalue weighted by molar-refractivity contribution is 0.622. The van der Waals surface area contributed by atoms with E-state index < -0.39 is 0 Å². The molecule has 0 saturated heterocycles. The summed E-state index contributed by atoms with van der Waals surface area (Å²) >= 11 is 0. The molecule has 4 aromatic rings. The van der Waals surface area contributed by atoms with E-state index in [1.807, 2.05) is 0 Å².